The van der Waals surface area contributed by atoms with Crippen LogP contribution in [-0.2, 0) is 6.54 Å². The Labute approximate surface area is 104 Å². The molecule has 1 aromatic heterocycles. The number of benzene rings is 1. The smallest absolute Gasteiger partial charge is 0.349 e. The van der Waals surface area contributed by atoms with Crippen LogP contribution in [0, 0.1) is 0 Å². The van der Waals surface area contributed by atoms with Crippen LogP contribution in [0.2, 0.25) is 0 Å². The highest BCUT2D eigenvalue weighted by Gasteiger charge is 2.18. The lowest BCUT2D eigenvalue weighted by Crippen LogP contribution is -2.24. The number of nitrogens with zero attached hydrogens (tertiary/aromatic N) is 2. The third kappa shape index (κ3) is 1.73. The van der Waals surface area contributed by atoms with Gasteiger partial charge < -0.3 is 10.1 Å². The van der Waals surface area contributed by atoms with Crippen molar-refractivity contribution in [3.8, 4) is 11.5 Å². The van der Waals surface area contributed by atoms with E-state index in [-0.39, 0.29) is 5.69 Å². The molecule has 0 atom stereocenters. The zero-order valence-electron chi connectivity index (χ0n) is 10.0. The van der Waals surface area contributed by atoms with Gasteiger partial charge in [-0.25, -0.2) is 4.79 Å². The zero-order valence-corrected chi connectivity index (χ0v) is 10.0. The molecule has 0 bridgehead atoms. The second kappa shape index (κ2) is 4.18. The van der Waals surface area contributed by atoms with Gasteiger partial charge in [-0.3, -0.25) is 4.57 Å². The first kappa shape index (κ1) is 10.8. The molecule has 1 aliphatic heterocycles. The predicted octanol–water partition coefficient (Wildman–Crippen LogP) is 2.50. The van der Waals surface area contributed by atoms with E-state index in [1.807, 2.05) is 31.2 Å². The van der Waals surface area contributed by atoms with E-state index in [9.17, 15) is 4.79 Å². The van der Waals surface area contributed by atoms with Gasteiger partial charge in [0.1, 0.15) is 0 Å². The van der Waals surface area contributed by atoms with Gasteiger partial charge in [-0.15, -0.1) is 0 Å². The van der Waals surface area contributed by atoms with E-state index in [4.69, 9.17) is 4.74 Å². The molecule has 18 heavy (non-hydrogen) atoms. The molecule has 92 valence electrons. The van der Waals surface area contributed by atoms with Crippen LogP contribution in [0.4, 0.5) is 11.5 Å². The highest BCUT2D eigenvalue weighted by molar-refractivity contribution is 5.72. The summed E-state index contributed by atoms with van der Waals surface area (Å²) in [4.78, 5) is 15.8. The molecular weight excluding hydrogens is 230 g/mol. The van der Waals surface area contributed by atoms with Crippen LogP contribution in [0.5, 0.6) is 11.5 Å². The van der Waals surface area contributed by atoms with Crippen LogP contribution in [-0.4, -0.2) is 9.55 Å². The van der Waals surface area contributed by atoms with Gasteiger partial charge in [0, 0.05) is 6.54 Å². The first-order valence-corrected chi connectivity index (χ1v) is 5.93. The fourth-order valence-electron chi connectivity index (χ4n) is 1.94. The molecule has 2 heterocycles. The fraction of sp³-hybridized carbons (Fsp3) is 0.231. The van der Waals surface area contributed by atoms with Gasteiger partial charge >= 0.3 is 5.69 Å². The topological polar surface area (TPSA) is 56.2 Å². The Morgan fingerprint density at radius 1 is 1.33 bits per heavy atom. The van der Waals surface area contributed by atoms with E-state index < -0.39 is 0 Å². The lowest BCUT2D eigenvalue weighted by Gasteiger charge is -2.21. The summed E-state index contributed by atoms with van der Waals surface area (Å²) in [5.74, 6) is 1.81. The van der Waals surface area contributed by atoms with Crippen molar-refractivity contribution in [3.63, 3.8) is 0 Å². The maximum Gasteiger partial charge on any atom is 0.349 e. The van der Waals surface area contributed by atoms with Crippen molar-refractivity contribution in [1.82, 2.24) is 9.55 Å². The molecule has 0 aliphatic carbocycles. The molecule has 0 unspecified atom stereocenters. The quantitative estimate of drug-likeness (QED) is 0.751. The van der Waals surface area contributed by atoms with E-state index >= 15 is 0 Å². The summed E-state index contributed by atoms with van der Waals surface area (Å²) < 4.78 is 7.30. The minimum Gasteiger partial charge on any atom is -0.450 e. The van der Waals surface area contributed by atoms with Gasteiger partial charge in [-0.05, 0) is 18.6 Å². The van der Waals surface area contributed by atoms with Gasteiger partial charge in [0.25, 0.3) is 0 Å². The molecule has 5 nitrogen and oxygen atoms in total. The van der Waals surface area contributed by atoms with Crippen LogP contribution >= 0.6 is 0 Å². The van der Waals surface area contributed by atoms with Crippen LogP contribution in [0.15, 0.2) is 35.3 Å². The van der Waals surface area contributed by atoms with Gasteiger partial charge in [0.2, 0.25) is 0 Å². The average molecular weight is 243 g/mol. The molecule has 2 aromatic rings. The Bertz CT molecular complexity index is 649. The van der Waals surface area contributed by atoms with Crippen LogP contribution in [0.3, 0.4) is 0 Å². The number of anilines is 2. The highest BCUT2D eigenvalue weighted by atomic mass is 16.5. The molecule has 0 spiro atoms. The second-order valence-electron chi connectivity index (χ2n) is 4.15. The fourth-order valence-corrected chi connectivity index (χ4v) is 1.94. The van der Waals surface area contributed by atoms with Crippen molar-refractivity contribution < 1.29 is 4.74 Å². The molecule has 1 aromatic carbocycles. The Hall–Kier alpha value is -2.30. The largest absolute Gasteiger partial charge is 0.450 e. The Morgan fingerprint density at radius 2 is 2.17 bits per heavy atom. The third-order valence-electron chi connectivity index (χ3n) is 2.78. The van der Waals surface area contributed by atoms with Crippen LogP contribution in [0.1, 0.15) is 13.3 Å². The number of rotatable bonds is 2. The number of nitrogens with one attached hydrogen (secondary N) is 1. The van der Waals surface area contributed by atoms with Gasteiger partial charge in [0.05, 0.1) is 11.9 Å². The third-order valence-corrected chi connectivity index (χ3v) is 2.78. The molecule has 0 radical (unpaired) electrons. The SMILES string of the molecule is CCCn1cc2c(nc1=O)Nc1ccccc1O2. The zero-order chi connectivity index (χ0) is 12.5. The highest BCUT2D eigenvalue weighted by Crippen LogP contribution is 2.39. The van der Waals surface area contributed by atoms with Crippen molar-refractivity contribution >= 4 is 11.5 Å². The number of para-hydroxylation sites is 2. The average Bonchev–Trinajstić information content (AvgIpc) is 2.38. The van der Waals surface area contributed by atoms with Crippen LogP contribution < -0.4 is 15.7 Å². The normalized spacial score (nSPS) is 12.1. The summed E-state index contributed by atoms with van der Waals surface area (Å²) in [5.41, 5.74) is 0.566. The van der Waals surface area contributed by atoms with Crippen LogP contribution in [0.25, 0.3) is 0 Å². The number of fused-ring (bicyclic) bond motifs is 2. The minimum atomic E-state index is -0.258. The van der Waals surface area contributed by atoms with Gasteiger partial charge in [0.15, 0.2) is 17.3 Å². The summed E-state index contributed by atoms with van der Waals surface area (Å²) >= 11 is 0. The van der Waals surface area contributed by atoms with Crippen molar-refractivity contribution in [2.45, 2.75) is 19.9 Å². The monoisotopic (exact) mass is 243 g/mol. The number of hydrogen-bond acceptors (Lipinski definition) is 4. The molecular formula is C13H13N3O2. The van der Waals surface area contributed by atoms with Gasteiger partial charge in [-0.2, -0.15) is 4.98 Å². The molecule has 1 aliphatic rings. The predicted molar refractivity (Wildman–Crippen MR) is 68.6 cm³/mol. The maximum absolute atomic E-state index is 11.7. The first-order chi connectivity index (χ1) is 8.78. The number of hydrogen-bond donors (Lipinski definition) is 1. The number of aromatic nitrogens is 2. The molecule has 0 amide bonds. The lowest BCUT2D eigenvalue weighted by molar-refractivity contribution is 0.464. The van der Waals surface area contributed by atoms with E-state index in [1.165, 1.54) is 0 Å². The molecule has 5 heteroatoms. The molecule has 3 rings (SSSR count). The lowest BCUT2D eigenvalue weighted by atomic mass is 10.2. The standard InChI is InChI=1S/C13H13N3O2/c1-2-7-16-8-11-12(15-13(16)17)14-9-5-3-4-6-10(9)18-11/h3-6,8H,2,7H2,1H3,(H,14,15,17). The first-order valence-electron chi connectivity index (χ1n) is 5.93. The van der Waals surface area contributed by atoms with Crippen molar-refractivity contribution in [1.29, 1.82) is 0 Å². The molecule has 1 N–H and O–H groups in total. The number of ether oxygens (including phenoxy) is 1. The molecule has 0 fully saturated rings. The Morgan fingerprint density at radius 3 is 3.00 bits per heavy atom. The summed E-state index contributed by atoms with van der Waals surface area (Å²) in [6, 6.07) is 7.57. The van der Waals surface area contributed by atoms with Gasteiger partial charge in [-0.1, -0.05) is 19.1 Å². The second-order valence-corrected chi connectivity index (χ2v) is 4.15. The Balaban J connectivity index is 2.05. The molecule has 0 saturated carbocycles. The van der Waals surface area contributed by atoms with Crippen molar-refractivity contribution in [2.24, 2.45) is 0 Å². The Kier molecular flexibility index (Phi) is 2.51. The molecule has 0 saturated heterocycles. The summed E-state index contributed by atoms with van der Waals surface area (Å²) in [6.07, 6.45) is 2.58. The van der Waals surface area contributed by atoms with E-state index in [2.05, 4.69) is 10.3 Å². The van der Waals surface area contributed by atoms with E-state index in [1.54, 1.807) is 10.8 Å². The summed E-state index contributed by atoms with van der Waals surface area (Å²) in [7, 11) is 0. The maximum atomic E-state index is 11.7. The number of aryl methyl sites for hydroxylation is 1. The van der Waals surface area contributed by atoms with Crippen molar-refractivity contribution in [2.75, 3.05) is 5.32 Å². The summed E-state index contributed by atoms with van der Waals surface area (Å²) in [6.45, 7) is 2.66. The minimum absolute atomic E-state index is 0.258. The van der Waals surface area contributed by atoms with E-state index in [0.29, 0.717) is 18.1 Å². The van der Waals surface area contributed by atoms with E-state index in [0.717, 1.165) is 17.9 Å². The summed E-state index contributed by atoms with van der Waals surface area (Å²) in [5, 5.41) is 3.10. The van der Waals surface area contributed by atoms with Crippen molar-refractivity contribution in [3.05, 3.63) is 40.9 Å².